The molecule has 0 radical (unpaired) electrons. The number of hydrogen-bond donors (Lipinski definition) is 1. The molecule has 1 fully saturated rings. The molecule has 2 nitrogen and oxygen atoms in total. The molecule has 0 bridgehead atoms. The van der Waals surface area contributed by atoms with E-state index in [9.17, 15) is 0 Å². The van der Waals surface area contributed by atoms with E-state index in [1.807, 2.05) is 6.07 Å². The van der Waals surface area contributed by atoms with Crippen LogP contribution in [-0.4, -0.2) is 35.5 Å². The van der Waals surface area contributed by atoms with E-state index in [1.54, 1.807) is 0 Å². The average Bonchev–Trinajstić information content (AvgIpc) is 2.39. The van der Waals surface area contributed by atoms with Crippen LogP contribution < -0.4 is 5.73 Å². The molecule has 1 aromatic rings. The maximum atomic E-state index is 6.51. The molecule has 2 rings (SSSR count). The smallest absolute Gasteiger partial charge is 0.0509 e. The molecule has 18 heavy (non-hydrogen) atoms. The van der Waals surface area contributed by atoms with Crippen LogP contribution in [0.2, 0.25) is 0 Å². The Labute approximate surface area is 115 Å². The third-order valence-corrected chi connectivity index (χ3v) is 5.04. The quantitative estimate of drug-likeness (QED) is 0.906. The van der Waals surface area contributed by atoms with Gasteiger partial charge in [0.2, 0.25) is 0 Å². The summed E-state index contributed by atoms with van der Waals surface area (Å²) in [4.78, 5) is 2.53. The van der Waals surface area contributed by atoms with E-state index in [0.29, 0.717) is 0 Å². The summed E-state index contributed by atoms with van der Waals surface area (Å²) < 4.78 is 0. The Morgan fingerprint density at radius 2 is 2.11 bits per heavy atom. The highest BCUT2D eigenvalue weighted by molar-refractivity contribution is 8.00. The molecule has 1 aliphatic heterocycles. The van der Waals surface area contributed by atoms with Gasteiger partial charge in [-0.05, 0) is 18.9 Å². The zero-order valence-corrected chi connectivity index (χ0v) is 12.2. The third-order valence-electron chi connectivity index (χ3n) is 3.66. The van der Waals surface area contributed by atoms with Crippen LogP contribution in [0.1, 0.15) is 25.8 Å². The van der Waals surface area contributed by atoms with Gasteiger partial charge in [-0.25, -0.2) is 0 Å². The molecular formula is C15H24N2S. The van der Waals surface area contributed by atoms with E-state index in [1.165, 1.54) is 30.8 Å². The second-order valence-corrected chi connectivity index (χ2v) is 6.83. The van der Waals surface area contributed by atoms with Crippen LogP contribution in [-0.2, 0) is 5.54 Å². The summed E-state index contributed by atoms with van der Waals surface area (Å²) >= 11 is 2.11. The average molecular weight is 264 g/mol. The van der Waals surface area contributed by atoms with Gasteiger partial charge in [-0.3, -0.25) is 4.90 Å². The van der Waals surface area contributed by atoms with Gasteiger partial charge in [0.25, 0.3) is 0 Å². The number of nitrogens with two attached hydrogens (primary N) is 1. The fourth-order valence-electron chi connectivity index (χ4n) is 2.55. The molecule has 1 saturated heterocycles. The number of hydrogen-bond acceptors (Lipinski definition) is 3. The van der Waals surface area contributed by atoms with E-state index in [-0.39, 0.29) is 5.54 Å². The number of nitrogens with zero attached hydrogens (tertiary/aromatic N) is 1. The maximum absolute atomic E-state index is 6.51. The molecule has 1 aliphatic rings. The fourth-order valence-corrected chi connectivity index (χ4v) is 3.79. The summed E-state index contributed by atoms with van der Waals surface area (Å²) in [5, 5.41) is 0.783. The van der Waals surface area contributed by atoms with Crippen LogP contribution in [0.4, 0.5) is 0 Å². The predicted molar refractivity (Wildman–Crippen MR) is 81.0 cm³/mol. The summed E-state index contributed by atoms with van der Waals surface area (Å²) in [5.74, 6) is 1.24. The maximum Gasteiger partial charge on any atom is 0.0509 e. The highest BCUT2D eigenvalue weighted by Gasteiger charge is 2.27. The first-order chi connectivity index (χ1) is 8.62. The van der Waals surface area contributed by atoms with E-state index in [0.717, 1.165) is 11.8 Å². The van der Waals surface area contributed by atoms with Crippen molar-refractivity contribution in [1.29, 1.82) is 0 Å². The fraction of sp³-hybridized carbons (Fsp3) is 0.600. The van der Waals surface area contributed by atoms with Crippen molar-refractivity contribution in [2.45, 2.75) is 31.1 Å². The van der Waals surface area contributed by atoms with E-state index in [4.69, 9.17) is 5.73 Å². The van der Waals surface area contributed by atoms with Gasteiger partial charge in [-0.15, -0.1) is 0 Å². The highest BCUT2D eigenvalue weighted by atomic mass is 32.2. The minimum absolute atomic E-state index is 0.248. The minimum atomic E-state index is -0.248. The van der Waals surface area contributed by atoms with Crippen LogP contribution in [0, 0.1) is 0 Å². The summed E-state index contributed by atoms with van der Waals surface area (Å²) in [6, 6.07) is 10.5. The zero-order valence-electron chi connectivity index (χ0n) is 11.4. The van der Waals surface area contributed by atoms with Gasteiger partial charge in [-0.2, -0.15) is 11.8 Å². The lowest BCUT2D eigenvalue weighted by molar-refractivity contribution is 0.222. The van der Waals surface area contributed by atoms with Crippen molar-refractivity contribution in [1.82, 2.24) is 4.90 Å². The first-order valence-corrected chi connectivity index (χ1v) is 7.85. The molecule has 2 atom stereocenters. The van der Waals surface area contributed by atoms with Crippen LogP contribution in [0.15, 0.2) is 30.3 Å². The second kappa shape index (κ2) is 6.09. The molecule has 3 heteroatoms. The van der Waals surface area contributed by atoms with Gasteiger partial charge in [0.1, 0.15) is 0 Å². The van der Waals surface area contributed by atoms with Gasteiger partial charge in [0.05, 0.1) is 5.54 Å². The Balaban J connectivity index is 1.99. The normalized spacial score (nSPS) is 24.7. The van der Waals surface area contributed by atoms with Gasteiger partial charge in [0, 0.05) is 30.6 Å². The largest absolute Gasteiger partial charge is 0.321 e. The topological polar surface area (TPSA) is 29.3 Å². The summed E-state index contributed by atoms with van der Waals surface area (Å²) in [6.45, 7) is 7.72. The number of thioether (sulfide) groups is 1. The second-order valence-electron chi connectivity index (χ2n) is 5.42. The highest BCUT2D eigenvalue weighted by Crippen LogP contribution is 2.25. The molecule has 0 amide bonds. The molecule has 0 aliphatic carbocycles. The van der Waals surface area contributed by atoms with Crippen LogP contribution in [0.5, 0.6) is 0 Å². The lowest BCUT2D eigenvalue weighted by Gasteiger charge is -2.37. The van der Waals surface area contributed by atoms with Crippen LogP contribution >= 0.6 is 11.8 Å². The van der Waals surface area contributed by atoms with Crippen molar-refractivity contribution in [3.8, 4) is 0 Å². The van der Waals surface area contributed by atoms with E-state index in [2.05, 4.69) is 54.8 Å². The molecular weight excluding hydrogens is 240 g/mol. The molecule has 100 valence electrons. The van der Waals surface area contributed by atoms with Crippen molar-refractivity contribution in [3.05, 3.63) is 35.9 Å². The van der Waals surface area contributed by atoms with Crippen molar-refractivity contribution in [2.24, 2.45) is 5.73 Å². The molecule has 1 aromatic carbocycles. The molecule has 0 spiro atoms. The number of benzene rings is 1. The minimum Gasteiger partial charge on any atom is -0.321 e. The monoisotopic (exact) mass is 264 g/mol. The lowest BCUT2D eigenvalue weighted by atomic mass is 9.92. The molecule has 1 heterocycles. The summed E-state index contributed by atoms with van der Waals surface area (Å²) in [5.41, 5.74) is 7.49. The summed E-state index contributed by atoms with van der Waals surface area (Å²) in [6.07, 6.45) is 1.26. The molecule has 0 aromatic heterocycles. The Bertz CT molecular complexity index is 364. The van der Waals surface area contributed by atoms with Crippen molar-refractivity contribution in [3.63, 3.8) is 0 Å². The Kier molecular flexibility index (Phi) is 4.71. The third kappa shape index (κ3) is 3.50. The lowest BCUT2D eigenvalue weighted by Crippen LogP contribution is -2.49. The Hall–Kier alpha value is -0.510. The van der Waals surface area contributed by atoms with Crippen LogP contribution in [0.3, 0.4) is 0 Å². The molecule has 2 unspecified atom stereocenters. The Morgan fingerprint density at radius 1 is 1.39 bits per heavy atom. The van der Waals surface area contributed by atoms with Crippen molar-refractivity contribution in [2.75, 3.05) is 25.4 Å². The summed E-state index contributed by atoms with van der Waals surface area (Å²) in [7, 11) is 0. The first-order valence-electron chi connectivity index (χ1n) is 6.80. The zero-order chi connectivity index (χ0) is 13.0. The van der Waals surface area contributed by atoms with Gasteiger partial charge < -0.3 is 5.73 Å². The van der Waals surface area contributed by atoms with Crippen molar-refractivity contribution >= 4 is 11.8 Å². The van der Waals surface area contributed by atoms with Gasteiger partial charge >= 0.3 is 0 Å². The standard InChI is InChI=1S/C15H24N2S/c1-3-14-11-17(9-10-18-14)12-15(2,16)13-7-5-4-6-8-13/h4-8,14H,3,9-12,16H2,1-2H3. The SMILES string of the molecule is CCC1CN(CC(C)(N)c2ccccc2)CCS1. The van der Waals surface area contributed by atoms with Gasteiger partial charge in [-0.1, -0.05) is 37.3 Å². The molecule has 2 N–H and O–H groups in total. The predicted octanol–water partition coefficient (Wildman–Crippen LogP) is 2.69. The Morgan fingerprint density at radius 3 is 2.78 bits per heavy atom. The van der Waals surface area contributed by atoms with Gasteiger partial charge in [0.15, 0.2) is 0 Å². The van der Waals surface area contributed by atoms with E-state index >= 15 is 0 Å². The van der Waals surface area contributed by atoms with Crippen LogP contribution in [0.25, 0.3) is 0 Å². The van der Waals surface area contributed by atoms with Crippen molar-refractivity contribution < 1.29 is 0 Å². The molecule has 0 saturated carbocycles. The number of rotatable bonds is 4. The first kappa shape index (κ1) is 13.9. The van der Waals surface area contributed by atoms with E-state index < -0.39 is 0 Å².